The lowest BCUT2D eigenvalue weighted by atomic mass is 10.1. The molecule has 1 aromatic rings. The highest BCUT2D eigenvalue weighted by Crippen LogP contribution is 2.37. The Morgan fingerprint density at radius 1 is 1.00 bits per heavy atom. The van der Waals surface area contributed by atoms with Gasteiger partial charge in [0.1, 0.15) is 0 Å². The molecule has 0 fully saturated rings. The van der Waals surface area contributed by atoms with Gasteiger partial charge in [0.2, 0.25) is 6.79 Å². The first-order valence-corrected chi connectivity index (χ1v) is 3.65. The summed E-state index contributed by atoms with van der Waals surface area (Å²) in [6.45, 7) is 4.40. The van der Waals surface area contributed by atoms with Crippen molar-refractivity contribution in [3.8, 4) is 11.5 Å². The van der Waals surface area contributed by atoms with E-state index in [9.17, 15) is 0 Å². The van der Waals surface area contributed by atoms with Crippen LogP contribution in [0.15, 0.2) is 12.1 Å². The summed E-state index contributed by atoms with van der Waals surface area (Å²) in [4.78, 5) is 0. The van der Waals surface area contributed by atoms with Crippen LogP contribution in [0.2, 0.25) is 0 Å². The van der Waals surface area contributed by atoms with Crippen molar-refractivity contribution < 1.29 is 9.47 Å². The van der Waals surface area contributed by atoms with Crippen LogP contribution in [0.4, 0.5) is 0 Å². The second-order valence-corrected chi connectivity index (χ2v) is 2.76. The SMILES string of the molecule is Cc1ccc(C)c2c1OCO2. The molecule has 58 valence electrons. The smallest absolute Gasteiger partial charge is 0.231 e. The molecule has 0 N–H and O–H groups in total. The van der Waals surface area contributed by atoms with Crippen molar-refractivity contribution in [2.45, 2.75) is 13.8 Å². The summed E-state index contributed by atoms with van der Waals surface area (Å²) in [6.07, 6.45) is 0. The Kier molecular flexibility index (Phi) is 1.28. The van der Waals surface area contributed by atoms with Gasteiger partial charge >= 0.3 is 0 Å². The first-order valence-electron chi connectivity index (χ1n) is 3.65. The average Bonchev–Trinajstić information content (AvgIpc) is 2.45. The van der Waals surface area contributed by atoms with E-state index in [1.807, 2.05) is 26.0 Å². The number of hydrogen-bond acceptors (Lipinski definition) is 2. The summed E-state index contributed by atoms with van der Waals surface area (Å²) in [7, 11) is 0. The van der Waals surface area contributed by atoms with Crippen molar-refractivity contribution in [3.05, 3.63) is 23.3 Å². The van der Waals surface area contributed by atoms with Gasteiger partial charge in [-0.1, -0.05) is 12.1 Å². The topological polar surface area (TPSA) is 18.5 Å². The molecule has 0 atom stereocenters. The van der Waals surface area contributed by atoms with Crippen molar-refractivity contribution >= 4 is 0 Å². The van der Waals surface area contributed by atoms with Crippen molar-refractivity contribution in [1.29, 1.82) is 0 Å². The van der Waals surface area contributed by atoms with E-state index in [0.29, 0.717) is 6.79 Å². The summed E-state index contributed by atoms with van der Waals surface area (Å²) in [5.74, 6) is 1.81. The molecule has 2 rings (SSSR count). The van der Waals surface area contributed by atoms with Gasteiger partial charge in [0.25, 0.3) is 0 Å². The quantitative estimate of drug-likeness (QED) is 0.563. The molecule has 0 spiro atoms. The van der Waals surface area contributed by atoms with Gasteiger partial charge in [0.15, 0.2) is 11.5 Å². The minimum Gasteiger partial charge on any atom is -0.453 e. The summed E-state index contributed by atoms with van der Waals surface area (Å²) in [5, 5.41) is 0. The third-order valence-electron chi connectivity index (χ3n) is 1.91. The molecule has 1 aromatic carbocycles. The molecule has 1 aliphatic rings. The molecule has 0 aromatic heterocycles. The molecule has 11 heavy (non-hydrogen) atoms. The van der Waals surface area contributed by atoms with Crippen molar-refractivity contribution in [1.82, 2.24) is 0 Å². The van der Waals surface area contributed by atoms with E-state index in [4.69, 9.17) is 9.47 Å². The fourth-order valence-electron chi connectivity index (χ4n) is 1.27. The van der Waals surface area contributed by atoms with E-state index < -0.39 is 0 Å². The number of benzene rings is 1. The minimum absolute atomic E-state index is 0.362. The maximum absolute atomic E-state index is 5.29. The monoisotopic (exact) mass is 150 g/mol. The first-order chi connectivity index (χ1) is 5.29. The van der Waals surface area contributed by atoms with Gasteiger partial charge in [0, 0.05) is 0 Å². The van der Waals surface area contributed by atoms with Gasteiger partial charge in [0.05, 0.1) is 0 Å². The number of hydrogen-bond donors (Lipinski definition) is 0. The summed E-state index contributed by atoms with van der Waals surface area (Å²) >= 11 is 0. The Bertz CT molecular complexity index is 263. The summed E-state index contributed by atoms with van der Waals surface area (Å²) in [5.41, 5.74) is 2.28. The normalized spacial score (nSPS) is 13.6. The Labute approximate surface area is 65.7 Å². The molecule has 0 unspecified atom stereocenters. The molecule has 0 saturated carbocycles. The van der Waals surface area contributed by atoms with Gasteiger partial charge < -0.3 is 9.47 Å². The van der Waals surface area contributed by atoms with Crippen LogP contribution < -0.4 is 9.47 Å². The molecular formula is C9H10O2. The van der Waals surface area contributed by atoms with E-state index >= 15 is 0 Å². The highest BCUT2D eigenvalue weighted by atomic mass is 16.7. The van der Waals surface area contributed by atoms with Crippen LogP contribution in [0.25, 0.3) is 0 Å². The molecular weight excluding hydrogens is 140 g/mol. The highest BCUT2D eigenvalue weighted by Gasteiger charge is 2.17. The summed E-state index contributed by atoms with van der Waals surface area (Å²) in [6, 6.07) is 4.09. The second kappa shape index (κ2) is 2.16. The van der Waals surface area contributed by atoms with E-state index in [0.717, 1.165) is 22.6 Å². The largest absolute Gasteiger partial charge is 0.453 e. The average molecular weight is 150 g/mol. The highest BCUT2D eigenvalue weighted by molar-refractivity contribution is 5.52. The molecule has 0 aliphatic carbocycles. The molecule has 0 radical (unpaired) electrons. The number of fused-ring (bicyclic) bond motifs is 1. The second-order valence-electron chi connectivity index (χ2n) is 2.76. The number of aryl methyl sites for hydroxylation is 2. The minimum atomic E-state index is 0.362. The summed E-state index contributed by atoms with van der Waals surface area (Å²) < 4.78 is 10.6. The lowest BCUT2D eigenvalue weighted by molar-refractivity contribution is 0.173. The van der Waals surface area contributed by atoms with Crippen LogP contribution in [0.1, 0.15) is 11.1 Å². The van der Waals surface area contributed by atoms with E-state index in [-0.39, 0.29) is 0 Å². The Morgan fingerprint density at radius 3 is 1.91 bits per heavy atom. The Balaban J connectivity index is 2.64. The fourth-order valence-corrected chi connectivity index (χ4v) is 1.27. The molecule has 2 heteroatoms. The van der Waals surface area contributed by atoms with Crippen LogP contribution in [0.5, 0.6) is 11.5 Å². The van der Waals surface area contributed by atoms with Gasteiger partial charge in [-0.2, -0.15) is 0 Å². The Morgan fingerprint density at radius 2 is 1.45 bits per heavy atom. The van der Waals surface area contributed by atoms with Crippen LogP contribution in [0.3, 0.4) is 0 Å². The van der Waals surface area contributed by atoms with Crippen LogP contribution in [0, 0.1) is 13.8 Å². The lowest BCUT2D eigenvalue weighted by Gasteiger charge is -2.01. The van der Waals surface area contributed by atoms with Gasteiger partial charge in [-0.15, -0.1) is 0 Å². The fraction of sp³-hybridized carbons (Fsp3) is 0.333. The van der Waals surface area contributed by atoms with E-state index in [1.165, 1.54) is 0 Å². The maximum Gasteiger partial charge on any atom is 0.231 e. The molecule has 0 amide bonds. The Hall–Kier alpha value is -1.18. The lowest BCUT2D eigenvalue weighted by Crippen LogP contribution is -1.93. The predicted octanol–water partition coefficient (Wildman–Crippen LogP) is 2.03. The zero-order valence-electron chi connectivity index (χ0n) is 6.68. The van der Waals surface area contributed by atoms with Gasteiger partial charge in [-0.25, -0.2) is 0 Å². The van der Waals surface area contributed by atoms with Gasteiger partial charge in [-0.3, -0.25) is 0 Å². The van der Waals surface area contributed by atoms with Crippen LogP contribution in [-0.2, 0) is 0 Å². The molecule has 1 heterocycles. The first kappa shape index (κ1) is 6.53. The molecule has 0 saturated heterocycles. The van der Waals surface area contributed by atoms with E-state index in [2.05, 4.69) is 0 Å². The third-order valence-corrected chi connectivity index (χ3v) is 1.91. The molecule has 0 bridgehead atoms. The van der Waals surface area contributed by atoms with Crippen molar-refractivity contribution in [2.75, 3.05) is 6.79 Å². The van der Waals surface area contributed by atoms with Crippen LogP contribution >= 0.6 is 0 Å². The predicted molar refractivity (Wildman–Crippen MR) is 42.0 cm³/mol. The van der Waals surface area contributed by atoms with Crippen molar-refractivity contribution in [3.63, 3.8) is 0 Å². The molecule has 1 aliphatic heterocycles. The van der Waals surface area contributed by atoms with Crippen molar-refractivity contribution in [2.24, 2.45) is 0 Å². The number of rotatable bonds is 0. The van der Waals surface area contributed by atoms with E-state index in [1.54, 1.807) is 0 Å². The van der Waals surface area contributed by atoms with Gasteiger partial charge in [-0.05, 0) is 25.0 Å². The maximum atomic E-state index is 5.29. The van der Waals surface area contributed by atoms with Crippen LogP contribution in [-0.4, -0.2) is 6.79 Å². The third kappa shape index (κ3) is 0.862. The zero-order valence-corrected chi connectivity index (χ0v) is 6.68. The zero-order chi connectivity index (χ0) is 7.84. The molecule has 2 nitrogen and oxygen atoms in total. The standard InChI is InChI=1S/C9H10O2/c1-6-3-4-7(2)9-8(6)10-5-11-9/h3-4H,5H2,1-2H3. The number of ether oxygens (including phenoxy) is 2.